The smallest absolute Gasteiger partial charge is 0.143 e. The highest BCUT2D eigenvalue weighted by atomic mass is 14.8. The van der Waals surface area contributed by atoms with Gasteiger partial charge in [0.25, 0.3) is 0 Å². The van der Waals surface area contributed by atoms with Gasteiger partial charge in [-0.2, -0.15) is 5.26 Å². The summed E-state index contributed by atoms with van der Waals surface area (Å²) in [5, 5.41) is 12.0. The highest BCUT2D eigenvalue weighted by Gasteiger charge is 1.99. The van der Waals surface area contributed by atoms with E-state index in [1.807, 2.05) is 13.0 Å². The summed E-state index contributed by atoms with van der Waals surface area (Å²) in [6, 6.07) is 4.07. The van der Waals surface area contributed by atoms with Gasteiger partial charge in [-0.25, -0.2) is 4.98 Å². The molecule has 0 aliphatic rings. The second-order valence-corrected chi connectivity index (χ2v) is 3.30. The van der Waals surface area contributed by atoms with Crippen LogP contribution >= 0.6 is 0 Å². The largest absolute Gasteiger partial charge is 0.313 e. The summed E-state index contributed by atoms with van der Waals surface area (Å²) < 4.78 is 0. The van der Waals surface area contributed by atoms with Crippen LogP contribution in [-0.4, -0.2) is 11.5 Å². The summed E-state index contributed by atoms with van der Waals surface area (Å²) in [5.74, 6) is 0. The molecule has 0 bridgehead atoms. The van der Waals surface area contributed by atoms with E-state index in [9.17, 15) is 0 Å². The van der Waals surface area contributed by atoms with Crippen LogP contribution < -0.4 is 5.32 Å². The molecular formula is C11H15N3. The number of hydrogen-bond donors (Lipinski definition) is 1. The number of rotatable bonds is 4. The number of aromatic nitrogens is 1. The molecule has 74 valence electrons. The molecule has 14 heavy (non-hydrogen) atoms. The highest BCUT2D eigenvalue weighted by Crippen LogP contribution is 2.06. The van der Waals surface area contributed by atoms with Crippen LogP contribution in [0.1, 0.15) is 30.2 Å². The predicted octanol–water partition coefficient (Wildman–Crippen LogP) is 1.76. The van der Waals surface area contributed by atoms with Gasteiger partial charge >= 0.3 is 0 Å². The van der Waals surface area contributed by atoms with Crippen molar-refractivity contribution in [1.82, 2.24) is 10.3 Å². The van der Waals surface area contributed by atoms with Crippen LogP contribution in [0.4, 0.5) is 0 Å². The van der Waals surface area contributed by atoms with Gasteiger partial charge in [-0.1, -0.05) is 13.0 Å². The van der Waals surface area contributed by atoms with Crippen LogP contribution in [0.15, 0.2) is 12.3 Å². The van der Waals surface area contributed by atoms with Gasteiger partial charge in [-0.15, -0.1) is 0 Å². The average Bonchev–Trinajstić information content (AvgIpc) is 2.18. The fraction of sp³-hybridized carbons (Fsp3) is 0.455. The van der Waals surface area contributed by atoms with E-state index >= 15 is 0 Å². The quantitative estimate of drug-likeness (QED) is 0.734. The lowest BCUT2D eigenvalue weighted by Crippen LogP contribution is -2.14. The van der Waals surface area contributed by atoms with Crippen LogP contribution in [0, 0.1) is 18.3 Å². The zero-order chi connectivity index (χ0) is 10.4. The third-order valence-electron chi connectivity index (χ3n) is 2.00. The Morgan fingerprint density at radius 1 is 1.57 bits per heavy atom. The maximum atomic E-state index is 8.70. The lowest BCUT2D eigenvalue weighted by Gasteiger charge is -2.04. The predicted molar refractivity (Wildman–Crippen MR) is 55.7 cm³/mol. The van der Waals surface area contributed by atoms with Crippen LogP contribution in [-0.2, 0) is 6.54 Å². The molecule has 0 amide bonds. The molecule has 1 heterocycles. The van der Waals surface area contributed by atoms with Gasteiger partial charge in [-0.05, 0) is 31.0 Å². The van der Waals surface area contributed by atoms with Crippen molar-refractivity contribution < 1.29 is 0 Å². The summed E-state index contributed by atoms with van der Waals surface area (Å²) in [7, 11) is 0. The fourth-order valence-electron chi connectivity index (χ4n) is 1.26. The van der Waals surface area contributed by atoms with Crippen molar-refractivity contribution in [3.8, 4) is 6.07 Å². The number of nitriles is 1. The van der Waals surface area contributed by atoms with E-state index in [1.54, 1.807) is 6.20 Å². The van der Waals surface area contributed by atoms with E-state index in [2.05, 4.69) is 23.3 Å². The molecule has 0 aliphatic heterocycles. The first-order valence-electron chi connectivity index (χ1n) is 4.84. The van der Waals surface area contributed by atoms with E-state index < -0.39 is 0 Å². The van der Waals surface area contributed by atoms with Gasteiger partial charge in [0, 0.05) is 12.7 Å². The van der Waals surface area contributed by atoms with Crippen LogP contribution in [0.25, 0.3) is 0 Å². The standard InChI is InChI=1S/C11H15N3/c1-3-4-13-7-10-5-9(2)11(6-12)14-8-10/h5,8,13H,3-4,7H2,1-2H3. The minimum Gasteiger partial charge on any atom is -0.313 e. The summed E-state index contributed by atoms with van der Waals surface area (Å²) in [5.41, 5.74) is 2.60. The third-order valence-corrected chi connectivity index (χ3v) is 2.00. The summed E-state index contributed by atoms with van der Waals surface area (Å²) in [6.45, 7) is 5.89. The Morgan fingerprint density at radius 2 is 2.36 bits per heavy atom. The molecule has 0 atom stereocenters. The van der Waals surface area contributed by atoms with Gasteiger partial charge < -0.3 is 5.32 Å². The summed E-state index contributed by atoms with van der Waals surface area (Å²) in [4.78, 5) is 4.07. The molecule has 3 nitrogen and oxygen atoms in total. The Labute approximate surface area is 84.8 Å². The number of aryl methyl sites for hydroxylation is 1. The Balaban J connectivity index is 2.63. The van der Waals surface area contributed by atoms with Crippen molar-refractivity contribution in [1.29, 1.82) is 5.26 Å². The first-order chi connectivity index (χ1) is 6.77. The van der Waals surface area contributed by atoms with E-state index in [1.165, 1.54) is 0 Å². The van der Waals surface area contributed by atoms with Crippen LogP contribution in [0.5, 0.6) is 0 Å². The molecule has 3 heteroatoms. The number of hydrogen-bond acceptors (Lipinski definition) is 3. The monoisotopic (exact) mass is 189 g/mol. The normalized spacial score (nSPS) is 9.79. The molecule has 1 aromatic rings. The topological polar surface area (TPSA) is 48.7 Å². The maximum Gasteiger partial charge on any atom is 0.143 e. The van der Waals surface area contributed by atoms with Gasteiger partial charge in [0.15, 0.2) is 0 Å². The van der Waals surface area contributed by atoms with Crippen molar-refractivity contribution in [3.63, 3.8) is 0 Å². The van der Waals surface area contributed by atoms with E-state index in [-0.39, 0.29) is 0 Å². The van der Waals surface area contributed by atoms with Gasteiger partial charge in [0.05, 0.1) is 0 Å². The second-order valence-electron chi connectivity index (χ2n) is 3.30. The molecule has 1 N–H and O–H groups in total. The highest BCUT2D eigenvalue weighted by molar-refractivity contribution is 5.32. The zero-order valence-corrected chi connectivity index (χ0v) is 8.67. The van der Waals surface area contributed by atoms with Crippen molar-refractivity contribution >= 4 is 0 Å². The summed E-state index contributed by atoms with van der Waals surface area (Å²) in [6.07, 6.45) is 2.89. The molecular weight excluding hydrogens is 174 g/mol. The first kappa shape index (κ1) is 10.7. The molecule has 0 aromatic carbocycles. The van der Waals surface area contributed by atoms with Gasteiger partial charge in [0.1, 0.15) is 11.8 Å². The molecule has 0 saturated heterocycles. The minimum atomic E-state index is 0.518. The zero-order valence-electron chi connectivity index (χ0n) is 8.67. The number of nitrogens with one attached hydrogen (secondary N) is 1. The SMILES string of the molecule is CCCNCc1cnc(C#N)c(C)c1. The maximum absolute atomic E-state index is 8.70. The van der Waals surface area contributed by atoms with E-state index in [0.717, 1.165) is 30.6 Å². The van der Waals surface area contributed by atoms with E-state index in [4.69, 9.17) is 5.26 Å². The third kappa shape index (κ3) is 2.82. The molecule has 0 unspecified atom stereocenters. The Bertz CT molecular complexity index is 339. The molecule has 0 saturated carbocycles. The van der Waals surface area contributed by atoms with Crippen molar-refractivity contribution in [3.05, 3.63) is 29.1 Å². The van der Waals surface area contributed by atoms with Crippen molar-refractivity contribution in [2.45, 2.75) is 26.8 Å². The second kappa shape index (κ2) is 5.36. The van der Waals surface area contributed by atoms with Crippen molar-refractivity contribution in [2.24, 2.45) is 0 Å². The Morgan fingerprint density at radius 3 is 2.93 bits per heavy atom. The molecule has 0 fully saturated rings. The number of pyridine rings is 1. The first-order valence-corrected chi connectivity index (χ1v) is 4.84. The number of nitrogens with zero attached hydrogens (tertiary/aromatic N) is 2. The molecule has 0 radical (unpaired) electrons. The Kier molecular flexibility index (Phi) is 4.09. The summed E-state index contributed by atoms with van der Waals surface area (Å²) >= 11 is 0. The lowest BCUT2D eigenvalue weighted by molar-refractivity contribution is 0.673. The van der Waals surface area contributed by atoms with E-state index in [0.29, 0.717) is 5.69 Å². The molecule has 0 aliphatic carbocycles. The van der Waals surface area contributed by atoms with Crippen LogP contribution in [0.2, 0.25) is 0 Å². The lowest BCUT2D eigenvalue weighted by atomic mass is 10.1. The van der Waals surface area contributed by atoms with Crippen molar-refractivity contribution in [2.75, 3.05) is 6.54 Å². The molecule has 1 aromatic heterocycles. The van der Waals surface area contributed by atoms with Gasteiger partial charge in [-0.3, -0.25) is 0 Å². The fourth-order valence-corrected chi connectivity index (χ4v) is 1.26. The minimum absolute atomic E-state index is 0.518. The van der Waals surface area contributed by atoms with Crippen LogP contribution in [0.3, 0.4) is 0 Å². The molecule has 0 spiro atoms. The molecule has 1 rings (SSSR count). The van der Waals surface area contributed by atoms with Gasteiger partial charge in [0.2, 0.25) is 0 Å². The Hall–Kier alpha value is -1.40. The average molecular weight is 189 g/mol.